The number of carbonyl (C=O) groups excluding carboxylic acids is 1. The van der Waals surface area contributed by atoms with Crippen LogP contribution in [0.3, 0.4) is 0 Å². The van der Waals surface area contributed by atoms with Gasteiger partial charge in [-0.05, 0) is 44.3 Å². The van der Waals surface area contributed by atoms with E-state index in [1.165, 1.54) is 12.1 Å². The van der Waals surface area contributed by atoms with Crippen molar-refractivity contribution >= 4 is 11.6 Å². The van der Waals surface area contributed by atoms with E-state index in [4.69, 9.17) is 5.73 Å². The lowest BCUT2D eigenvalue weighted by atomic mass is 10.3. The van der Waals surface area contributed by atoms with Crippen LogP contribution in [0.15, 0.2) is 24.3 Å². The summed E-state index contributed by atoms with van der Waals surface area (Å²) in [4.78, 5) is 13.8. The van der Waals surface area contributed by atoms with Crippen LogP contribution >= 0.6 is 0 Å². The fourth-order valence-electron chi connectivity index (χ4n) is 1.63. The molecule has 0 bridgehead atoms. The number of rotatable bonds is 7. The van der Waals surface area contributed by atoms with E-state index in [-0.39, 0.29) is 11.7 Å². The molecule has 0 spiro atoms. The Bertz CT molecular complexity index is 384. The van der Waals surface area contributed by atoms with Crippen molar-refractivity contribution in [2.75, 3.05) is 31.5 Å². The lowest BCUT2D eigenvalue weighted by Gasteiger charge is -2.19. The zero-order chi connectivity index (χ0) is 13.4. The first-order valence-electron chi connectivity index (χ1n) is 6.13. The predicted octanol–water partition coefficient (Wildman–Crippen LogP) is 1.43. The number of halogens is 1. The van der Waals surface area contributed by atoms with E-state index in [1.807, 2.05) is 11.8 Å². The molecule has 0 fully saturated rings. The monoisotopic (exact) mass is 253 g/mol. The molecule has 0 saturated carbocycles. The number of amides is 1. The van der Waals surface area contributed by atoms with Gasteiger partial charge in [0.05, 0.1) is 6.54 Å². The highest BCUT2D eigenvalue weighted by Crippen LogP contribution is 2.08. The van der Waals surface area contributed by atoms with Gasteiger partial charge in [-0.2, -0.15) is 0 Å². The lowest BCUT2D eigenvalue weighted by Crippen LogP contribution is -2.34. The Labute approximate surface area is 107 Å². The fourth-order valence-corrected chi connectivity index (χ4v) is 1.63. The van der Waals surface area contributed by atoms with Crippen LogP contribution in [0.1, 0.15) is 13.3 Å². The number of hydrogen-bond acceptors (Lipinski definition) is 3. The summed E-state index contributed by atoms with van der Waals surface area (Å²) in [5.41, 5.74) is 5.92. The number of nitrogens with two attached hydrogens (primary N) is 1. The highest BCUT2D eigenvalue weighted by Gasteiger charge is 2.08. The molecule has 4 nitrogen and oxygen atoms in total. The molecule has 3 N–H and O–H groups in total. The lowest BCUT2D eigenvalue weighted by molar-refractivity contribution is -0.117. The largest absolute Gasteiger partial charge is 0.330 e. The summed E-state index contributed by atoms with van der Waals surface area (Å²) in [5, 5.41) is 2.67. The summed E-state index contributed by atoms with van der Waals surface area (Å²) in [6.45, 7) is 4.49. The Kier molecular flexibility index (Phi) is 6.32. The van der Waals surface area contributed by atoms with Crippen LogP contribution in [0.2, 0.25) is 0 Å². The molecule has 1 amide bonds. The summed E-state index contributed by atoms with van der Waals surface area (Å²) < 4.78 is 12.9. The number of carbonyl (C=O) groups is 1. The third kappa shape index (κ3) is 5.25. The van der Waals surface area contributed by atoms with Gasteiger partial charge in [-0.25, -0.2) is 4.39 Å². The maximum atomic E-state index is 12.9. The van der Waals surface area contributed by atoms with Crippen LogP contribution in [0, 0.1) is 5.82 Å². The third-order valence-corrected chi connectivity index (χ3v) is 2.60. The van der Waals surface area contributed by atoms with Crippen molar-refractivity contribution in [2.45, 2.75) is 13.3 Å². The Hall–Kier alpha value is -1.46. The van der Waals surface area contributed by atoms with Crippen molar-refractivity contribution in [2.24, 2.45) is 5.73 Å². The topological polar surface area (TPSA) is 58.4 Å². The second-order valence-electron chi connectivity index (χ2n) is 4.07. The molecule has 0 aliphatic heterocycles. The Morgan fingerprint density at radius 2 is 2.28 bits per heavy atom. The Balaban J connectivity index is 2.45. The summed E-state index contributed by atoms with van der Waals surface area (Å²) in [6.07, 6.45) is 0.862. The molecule has 18 heavy (non-hydrogen) atoms. The number of benzene rings is 1. The van der Waals surface area contributed by atoms with Crippen LogP contribution < -0.4 is 11.1 Å². The first-order chi connectivity index (χ1) is 8.65. The molecular weight excluding hydrogens is 233 g/mol. The second-order valence-corrected chi connectivity index (χ2v) is 4.07. The van der Waals surface area contributed by atoms with Gasteiger partial charge in [0.1, 0.15) is 5.82 Å². The minimum Gasteiger partial charge on any atom is -0.330 e. The van der Waals surface area contributed by atoms with Gasteiger partial charge >= 0.3 is 0 Å². The molecule has 0 unspecified atom stereocenters. The molecule has 0 aliphatic rings. The molecule has 0 aromatic heterocycles. The molecule has 5 heteroatoms. The number of nitrogens with one attached hydrogen (secondary N) is 1. The standard InChI is InChI=1S/C13H20FN3O/c1-2-17(8-4-7-15)10-13(18)16-12-6-3-5-11(14)9-12/h3,5-6,9H,2,4,7-8,10,15H2,1H3,(H,16,18). The molecule has 1 aromatic rings. The smallest absolute Gasteiger partial charge is 0.238 e. The molecule has 1 rings (SSSR count). The van der Waals surface area contributed by atoms with Crippen molar-refractivity contribution in [1.29, 1.82) is 0 Å². The fraction of sp³-hybridized carbons (Fsp3) is 0.462. The SMILES string of the molecule is CCN(CCCN)CC(=O)Nc1cccc(F)c1. The van der Waals surface area contributed by atoms with E-state index < -0.39 is 0 Å². The molecule has 0 heterocycles. The van der Waals surface area contributed by atoms with Gasteiger partial charge in [0, 0.05) is 5.69 Å². The molecule has 100 valence electrons. The predicted molar refractivity (Wildman–Crippen MR) is 70.8 cm³/mol. The quantitative estimate of drug-likeness (QED) is 0.773. The summed E-state index contributed by atoms with van der Waals surface area (Å²) >= 11 is 0. The van der Waals surface area contributed by atoms with Crippen molar-refractivity contribution < 1.29 is 9.18 Å². The van der Waals surface area contributed by atoms with Crippen LogP contribution in [-0.4, -0.2) is 37.0 Å². The third-order valence-electron chi connectivity index (χ3n) is 2.60. The molecule has 0 saturated heterocycles. The number of hydrogen-bond donors (Lipinski definition) is 2. The van der Waals surface area contributed by atoms with E-state index in [2.05, 4.69) is 5.32 Å². The van der Waals surface area contributed by atoms with E-state index in [0.29, 0.717) is 18.8 Å². The van der Waals surface area contributed by atoms with E-state index in [1.54, 1.807) is 12.1 Å². The normalized spacial score (nSPS) is 10.7. The van der Waals surface area contributed by atoms with Crippen molar-refractivity contribution in [3.8, 4) is 0 Å². The van der Waals surface area contributed by atoms with E-state index in [0.717, 1.165) is 19.5 Å². The van der Waals surface area contributed by atoms with Gasteiger partial charge in [0.25, 0.3) is 0 Å². The van der Waals surface area contributed by atoms with Gasteiger partial charge in [-0.15, -0.1) is 0 Å². The molecule has 0 atom stereocenters. The molecule has 0 radical (unpaired) electrons. The summed E-state index contributed by atoms with van der Waals surface area (Å²) in [5.74, 6) is -0.497. The van der Waals surface area contributed by atoms with Crippen LogP contribution in [0.5, 0.6) is 0 Å². The van der Waals surface area contributed by atoms with Crippen molar-refractivity contribution in [1.82, 2.24) is 4.90 Å². The van der Waals surface area contributed by atoms with Gasteiger partial charge in [0.2, 0.25) is 5.91 Å². The zero-order valence-electron chi connectivity index (χ0n) is 10.7. The van der Waals surface area contributed by atoms with Crippen LogP contribution in [-0.2, 0) is 4.79 Å². The number of anilines is 1. The second kappa shape index (κ2) is 7.79. The van der Waals surface area contributed by atoms with Crippen molar-refractivity contribution in [3.63, 3.8) is 0 Å². The van der Waals surface area contributed by atoms with E-state index >= 15 is 0 Å². The summed E-state index contributed by atoms with van der Waals surface area (Å²) in [6, 6.07) is 5.87. The molecule has 0 aliphatic carbocycles. The van der Waals surface area contributed by atoms with Gasteiger partial charge in [-0.1, -0.05) is 13.0 Å². The highest BCUT2D eigenvalue weighted by molar-refractivity contribution is 5.92. The molecule has 1 aromatic carbocycles. The number of likely N-dealkylation sites (N-methyl/N-ethyl adjacent to an activating group) is 1. The maximum absolute atomic E-state index is 12.9. The number of nitrogens with zero attached hydrogens (tertiary/aromatic N) is 1. The van der Waals surface area contributed by atoms with Crippen molar-refractivity contribution in [3.05, 3.63) is 30.1 Å². The van der Waals surface area contributed by atoms with Crippen LogP contribution in [0.25, 0.3) is 0 Å². The highest BCUT2D eigenvalue weighted by atomic mass is 19.1. The van der Waals surface area contributed by atoms with Gasteiger partial charge in [0.15, 0.2) is 0 Å². The average molecular weight is 253 g/mol. The van der Waals surface area contributed by atoms with Gasteiger partial charge in [-0.3, -0.25) is 9.69 Å². The average Bonchev–Trinajstić information content (AvgIpc) is 2.34. The first kappa shape index (κ1) is 14.6. The Morgan fingerprint density at radius 1 is 1.50 bits per heavy atom. The minimum absolute atomic E-state index is 0.139. The van der Waals surface area contributed by atoms with E-state index in [9.17, 15) is 9.18 Å². The minimum atomic E-state index is -0.358. The first-order valence-corrected chi connectivity index (χ1v) is 6.13. The Morgan fingerprint density at radius 3 is 2.89 bits per heavy atom. The summed E-state index contributed by atoms with van der Waals surface area (Å²) in [7, 11) is 0. The van der Waals surface area contributed by atoms with Gasteiger partial charge < -0.3 is 11.1 Å². The molecular formula is C13H20FN3O. The maximum Gasteiger partial charge on any atom is 0.238 e. The van der Waals surface area contributed by atoms with Crippen LogP contribution in [0.4, 0.5) is 10.1 Å². The zero-order valence-corrected chi connectivity index (χ0v) is 10.7.